The minimum Gasteiger partial charge on any atom is -0.490 e. The van der Waals surface area contributed by atoms with Gasteiger partial charge in [-0.2, -0.15) is 0 Å². The summed E-state index contributed by atoms with van der Waals surface area (Å²) in [7, 11) is 0. The van der Waals surface area contributed by atoms with E-state index in [1.807, 2.05) is 41.5 Å². The van der Waals surface area contributed by atoms with Crippen LogP contribution in [0.3, 0.4) is 0 Å². The normalized spacial score (nSPS) is 12.9. The van der Waals surface area contributed by atoms with Gasteiger partial charge in [0.05, 0.1) is 6.10 Å². The summed E-state index contributed by atoms with van der Waals surface area (Å²) in [5.41, 5.74) is 1.28. The summed E-state index contributed by atoms with van der Waals surface area (Å²) in [5.74, 6) is 1.04. The molecule has 0 N–H and O–H groups in total. The largest absolute Gasteiger partial charge is 0.490 e. The fourth-order valence-corrected chi connectivity index (χ4v) is 2.06. The van der Waals surface area contributed by atoms with E-state index in [0.29, 0.717) is 6.10 Å². The van der Waals surface area contributed by atoms with Crippen molar-refractivity contribution in [3.63, 3.8) is 0 Å². The van der Waals surface area contributed by atoms with E-state index in [4.69, 9.17) is 4.74 Å². The van der Waals surface area contributed by atoms with Crippen LogP contribution in [0.1, 0.15) is 86.6 Å². The van der Waals surface area contributed by atoms with Crippen molar-refractivity contribution in [1.82, 2.24) is 0 Å². The standard InChI is InChI=1S/C13H18O.3C2H6.CH4/c1-11-6-5-9-13(10-11)14-12-7-3-2-4-8-12;3*1-2;/h5-6,9-10,12H,2-4,7-8H2,1H3;3*1-2H3;1H4. The maximum absolute atomic E-state index is 5.94. The maximum Gasteiger partial charge on any atom is 0.119 e. The van der Waals surface area contributed by atoms with Gasteiger partial charge in [0.2, 0.25) is 0 Å². The van der Waals surface area contributed by atoms with Crippen LogP contribution in [0, 0.1) is 6.92 Å². The molecule has 0 bridgehead atoms. The quantitative estimate of drug-likeness (QED) is 0.551. The molecule has 1 saturated carbocycles. The fraction of sp³-hybridized carbons (Fsp3) is 0.700. The van der Waals surface area contributed by atoms with Gasteiger partial charge in [0, 0.05) is 0 Å². The summed E-state index contributed by atoms with van der Waals surface area (Å²) >= 11 is 0. The molecule has 1 aliphatic rings. The molecule has 0 heterocycles. The van der Waals surface area contributed by atoms with E-state index in [2.05, 4.69) is 31.2 Å². The molecular formula is C20H40O. The van der Waals surface area contributed by atoms with Crippen LogP contribution in [0.15, 0.2) is 24.3 Å². The van der Waals surface area contributed by atoms with Crippen LogP contribution >= 0.6 is 0 Å². The second-order valence-electron chi connectivity index (χ2n) is 4.19. The van der Waals surface area contributed by atoms with E-state index >= 15 is 0 Å². The van der Waals surface area contributed by atoms with E-state index in [9.17, 15) is 0 Å². The lowest BCUT2D eigenvalue weighted by Crippen LogP contribution is -2.19. The Morgan fingerprint density at radius 3 is 1.86 bits per heavy atom. The maximum atomic E-state index is 5.94. The zero-order valence-corrected chi connectivity index (χ0v) is 14.8. The van der Waals surface area contributed by atoms with E-state index < -0.39 is 0 Å². The zero-order chi connectivity index (χ0) is 15.8. The Morgan fingerprint density at radius 2 is 1.38 bits per heavy atom. The van der Waals surface area contributed by atoms with Crippen LogP contribution < -0.4 is 4.74 Å². The lowest BCUT2D eigenvalue weighted by atomic mass is 9.98. The van der Waals surface area contributed by atoms with Gasteiger partial charge in [-0.15, -0.1) is 0 Å². The molecule has 1 nitrogen and oxygen atoms in total. The molecule has 1 aromatic carbocycles. The Balaban J connectivity index is -0.000000414. The van der Waals surface area contributed by atoms with Gasteiger partial charge in [0.1, 0.15) is 5.75 Å². The highest BCUT2D eigenvalue weighted by Crippen LogP contribution is 2.23. The Morgan fingerprint density at radius 1 is 0.857 bits per heavy atom. The van der Waals surface area contributed by atoms with Crippen molar-refractivity contribution in [3.05, 3.63) is 29.8 Å². The molecule has 126 valence electrons. The predicted molar refractivity (Wildman–Crippen MR) is 99.5 cm³/mol. The Kier molecular flexibility index (Phi) is 22.6. The average Bonchev–Trinajstić information content (AvgIpc) is 2.54. The van der Waals surface area contributed by atoms with Crippen LogP contribution in [0.5, 0.6) is 5.75 Å². The van der Waals surface area contributed by atoms with Gasteiger partial charge in [0.15, 0.2) is 0 Å². The zero-order valence-electron chi connectivity index (χ0n) is 14.8. The number of hydrogen-bond donors (Lipinski definition) is 0. The Labute approximate surface area is 135 Å². The van der Waals surface area contributed by atoms with E-state index in [1.165, 1.54) is 37.7 Å². The van der Waals surface area contributed by atoms with Crippen molar-refractivity contribution in [2.45, 2.75) is 94.1 Å². The second-order valence-corrected chi connectivity index (χ2v) is 4.19. The highest BCUT2D eigenvalue weighted by atomic mass is 16.5. The van der Waals surface area contributed by atoms with E-state index in [-0.39, 0.29) is 7.43 Å². The van der Waals surface area contributed by atoms with E-state index in [0.717, 1.165) is 5.75 Å². The summed E-state index contributed by atoms with van der Waals surface area (Å²) < 4.78 is 5.94. The number of rotatable bonds is 2. The van der Waals surface area contributed by atoms with Gasteiger partial charge in [-0.1, -0.05) is 67.5 Å². The minimum absolute atomic E-state index is 0. The van der Waals surface area contributed by atoms with Gasteiger partial charge >= 0.3 is 0 Å². The first kappa shape index (κ1) is 25.0. The van der Waals surface area contributed by atoms with Gasteiger partial charge in [0.25, 0.3) is 0 Å². The summed E-state index contributed by atoms with van der Waals surface area (Å²) in [6, 6.07) is 8.34. The Hall–Kier alpha value is -0.980. The van der Waals surface area contributed by atoms with Gasteiger partial charge in [-0.05, 0) is 50.3 Å². The van der Waals surface area contributed by atoms with Crippen LogP contribution in [0.4, 0.5) is 0 Å². The third-order valence-electron chi connectivity index (χ3n) is 2.84. The molecule has 1 aromatic rings. The monoisotopic (exact) mass is 296 g/mol. The molecule has 0 spiro atoms. The number of benzene rings is 1. The first-order valence-electron chi connectivity index (χ1n) is 8.58. The van der Waals surface area contributed by atoms with Crippen molar-refractivity contribution in [3.8, 4) is 5.75 Å². The van der Waals surface area contributed by atoms with Crippen molar-refractivity contribution < 1.29 is 4.74 Å². The lowest BCUT2D eigenvalue weighted by molar-refractivity contribution is 0.155. The molecule has 0 atom stereocenters. The molecule has 0 unspecified atom stereocenters. The summed E-state index contributed by atoms with van der Waals surface area (Å²) in [4.78, 5) is 0. The molecule has 2 rings (SSSR count). The van der Waals surface area contributed by atoms with Gasteiger partial charge in [-0.3, -0.25) is 0 Å². The molecule has 1 heteroatoms. The van der Waals surface area contributed by atoms with Crippen molar-refractivity contribution in [2.75, 3.05) is 0 Å². The van der Waals surface area contributed by atoms with Crippen molar-refractivity contribution >= 4 is 0 Å². The molecule has 1 fully saturated rings. The molecule has 0 amide bonds. The van der Waals surface area contributed by atoms with Crippen LogP contribution in [0.25, 0.3) is 0 Å². The summed E-state index contributed by atoms with van der Waals surface area (Å²) in [6.07, 6.45) is 6.97. The van der Waals surface area contributed by atoms with E-state index in [1.54, 1.807) is 0 Å². The minimum atomic E-state index is 0. The van der Waals surface area contributed by atoms with Crippen LogP contribution in [0.2, 0.25) is 0 Å². The number of aryl methyl sites for hydroxylation is 1. The summed E-state index contributed by atoms with van der Waals surface area (Å²) in [5, 5.41) is 0. The summed E-state index contributed by atoms with van der Waals surface area (Å²) in [6.45, 7) is 14.1. The third kappa shape index (κ3) is 12.5. The molecule has 21 heavy (non-hydrogen) atoms. The van der Waals surface area contributed by atoms with Gasteiger partial charge in [-0.25, -0.2) is 0 Å². The highest BCUT2D eigenvalue weighted by Gasteiger charge is 2.14. The second kappa shape index (κ2) is 19.0. The number of ether oxygens (including phenoxy) is 1. The molecule has 0 radical (unpaired) electrons. The molecular weight excluding hydrogens is 256 g/mol. The smallest absolute Gasteiger partial charge is 0.119 e. The fourth-order valence-electron chi connectivity index (χ4n) is 2.06. The van der Waals surface area contributed by atoms with Crippen LogP contribution in [-0.2, 0) is 0 Å². The molecule has 0 aromatic heterocycles. The average molecular weight is 297 g/mol. The molecule has 1 aliphatic carbocycles. The predicted octanol–water partition coefficient (Wildman–Crippen LogP) is 7.42. The topological polar surface area (TPSA) is 9.23 Å². The molecule has 0 aliphatic heterocycles. The number of hydrogen-bond acceptors (Lipinski definition) is 1. The van der Waals surface area contributed by atoms with Crippen molar-refractivity contribution in [2.24, 2.45) is 0 Å². The lowest BCUT2D eigenvalue weighted by Gasteiger charge is -2.23. The Bertz CT molecular complexity index is 288. The molecule has 0 saturated heterocycles. The third-order valence-corrected chi connectivity index (χ3v) is 2.84. The first-order valence-corrected chi connectivity index (χ1v) is 8.58. The SMILES string of the molecule is C.CC.CC.CC.Cc1cccc(OC2CCCCC2)c1. The van der Waals surface area contributed by atoms with Crippen molar-refractivity contribution in [1.29, 1.82) is 0 Å². The first-order chi connectivity index (χ1) is 9.84. The highest BCUT2D eigenvalue weighted by molar-refractivity contribution is 5.27. The van der Waals surface area contributed by atoms with Crippen LogP contribution in [-0.4, -0.2) is 6.10 Å². The van der Waals surface area contributed by atoms with Gasteiger partial charge < -0.3 is 4.74 Å².